The van der Waals surface area contributed by atoms with Gasteiger partial charge in [-0.15, -0.1) is 0 Å². The van der Waals surface area contributed by atoms with Crippen LogP contribution in [-0.4, -0.2) is 60.6 Å². The molecule has 4 rings (SSSR count). The molecule has 0 aromatic carbocycles. The summed E-state index contributed by atoms with van der Waals surface area (Å²) >= 11 is 0. The number of imide groups is 2. The van der Waals surface area contributed by atoms with E-state index >= 15 is 0 Å². The monoisotopic (exact) mass is 558 g/mol. The number of fused-ring (bicyclic) bond motifs is 2. The number of nitrogens with zero attached hydrogens (tertiary/aromatic N) is 2. The Kier molecular flexibility index (Phi) is 24.1. The minimum atomic E-state index is -0.245. The summed E-state index contributed by atoms with van der Waals surface area (Å²) < 4.78 is 4.11. The molecule has 200 valence electrons. The predicted octanol–water partition coefficient (Wildman–Crippen LogP) is 2.79. The second-order valence-electron chi connectivity index (χ2n) is 8.16. The van der Waals surface area contributed by atoms with Crippen LogP contribution in [0.2, 0.25) is 0 Å². The van der Waals surface area contributed by atoms with E-state index in [9.17, 15) is 24.0 Å². The van der Waals surface area contributed by atoms with Gasteiger partial charge in [0.1, 0.15) is 0 Å². The number of hydrogen-bond donors (Lipinski definition) is 0. The maximum Gasteiger partial charge on any atom is 0.302 e. The summed E-state index contributed by atoms with van der Waals surface area (Å²) in [7, 11) is 4.55. The molecule has 11 heteroatoms. The standard InChI is InChI=1S/2C9H13NO2.C3H6O2.C2H6.3Ar/c2*1-10-8(11)6-4-2-3-5-7(6)9(10)12;1-3(4)5-2;1-2;;;/h2*6-7H,2-5H2,1H3;1-2H3;1-2H3;;;. The van der Waals surface area contributed by atoms with Gasteiger partial charge in [0.15, 0.2) is 0 Å². The van der Waals surface area contributed by atoms with Gasteiger partial charge in [-0.05, 0) is 25.7 Å². The zero-order valence-corrected chi connectivity index (χ0v) is 23.0. The van der Waals surface area contributed by atoms with Crippen LogP contribution in [0.5, 0.6) is 0 Å². The Morgan fingerprint density at radius 1 is 0.647 bits per heavy atom. The fraction of sp³-hybridized carbons (Fsp3) is 0.783. The van der Waals surface area contributed by atoms with Crippen LogP contribution in [-0.2, 0) is 28.7 Å². The normalized spacial score (nSPS) is 26.3. The van der Waals surface area contributed by atoms with Crippen molar-refractivity contribution in [2.24, 2.45) is 23.7 Å². The number of likely N-dealkylation sites (tertiary alicyclic amines) is 2. The second-order valence-corrected chi connectivity index (χ2v) is 8.16. The molecule has 0 radical (unpaired) electrons. The van der Waals surface area contributed by atoms with E-state index in [0.717, 1.165) is 51.4 Å². The molecule has 0 N–H and O–H groups in total. The average Bonchev–Trinajstić information content (AvgIpc) is 3.16. The minimum absolute atomic E-state index is 0. The van der Waals surface area contributed by atoms with Gasteiger partial charge < -0.3 is 4.74 Å². The van der Waals surface area contributed by atoms with Gasteiger partial charge in [0.2, 0.25) is 23.6 Å². The van der Waals surface area contributed by atoms with Crippen molar-refractivity contribution in [2.45, 2.75) is 72.1 Å². The van der Waals surface area contributed by atoms with E-state index < -0.39 is 0 Å². The molecular weight excluding hydrogens is 520 g/mol. The van der Waals surface area contributed by atoms with Gasteiger partial charge in [0, 0.05) is 134 Å². The molecule has 34 heavy (non-hydrogen) atoms. The Hall–Kier alpha value is 1.53. The van der Waals surface area contributed by atoms with Gasteiger partial charge in [-0.2, -0.15) is 0 Å². The van der Waals surface area contributed by atoms with Gasteiger partial charge in [0.25, 0.3) is 0 Å². The van der Waals surface area contributed by atoms with E-state index in [1.807, 2.05) is 13.8 Å². The summed E-state index contributed by atoms with van der Waals surface area (Å²) in [6.07, 6.45) is 8.09. The Labute approximate surface area is 294 Å². The molecule has 0 spiro atoms. The van der Waals surface area contributed by atoms with Crippen molar-refractivity contribution < 1.29 is 142 Å². The maximum atomic E-state index is 11.5. The SMILES string of the molecule is CC.CN1C(=O)C2CCCCC2C1=O.CN1C(=O)C2CCCCC2C1=O.COC(C)=O.[Ar].[Ar].[Ar]. The Morgan fingerprint density at radius 2 is 0.824 bits per heavy atom. The first-order valence-electron chi connectivity index (χ1n) is 11.4. The van der Waals surface area contributed by atoms with Crippen LogP contribution in [0, 0.1) is 137 Å². The minimum Gasteiger partial charge on any atom is -0.469 e. The van der Waals surface area contributed by atoms with Crippen LogP contribution >= 0.6 is 0 Å². The summed E-state index contributed by atoms with van der Waals surface area (Å²) in [5.74, 6) is 0.0359. The summed E-state index contributed by atoms with van der Waals surface area (Å²) in [5.41, 5.74) is 0. The van der Waals surface area contributed by atoms with Crippen LogP contribution in [0.15, 0.2) is 0 Å². The second kappa shape index (κ2) is 20.5. The van der Waals surface area contributed by atoms with E-state index in [4.69, 9.17) is 0 Å². The molecule has 2 saturated heterocycles. The molecule has 4 amide bonds. The van der Waals surface area contributed by atoms with Crippen molar-refractivity contribution >= 4 is 29.6 Å². The van der Waals surface area contributed by atoms with Crippen molar-refractivity contribution in [1.82, 2.24) is 9.80 Å². The van der Waals surface area contributed by atoms with Crippen molar-refractivity contribution in [1.29, 1.82) is 0 Å². The number of hydrogen-bond acceptors (Lipinski definition) is 6. The van der Waals surface area contributed by atoms with Gasteiger partial charge in [-0.3, -0.25) is 33.8 Å². The van der Waals surface area contributed by atoms with Crippen LogP contribution in [0.3, 0.4) is 0 Å². The average molecular weight is 558 g/mol. The van der Waals surface area contributed by atoms with Crippen molar-refractivity contribution in [3.05, 3.63) is 0 Å². The van der Waals surface area contributed by atoms with Gasteiger partial charge in [0.05, 0.1) is 30.8 Å². The predicted molar refractivity (Wildman–Crippen MR) is 115 cm³/mol. The molecule has 8 nitrogen and oxygen atoms in total. The van der Waals surface area contributed by atoms with Gasteiger partial charge >= 0.3 is 5.97 Å². The Morgan fingerprint density at radius 3 is 0.971 bits per heavy atom. The molecule has 2 aliphatic carbocycles. The van der Waals surface area contributed by atoms with Crippen molar-refractivity contribution in [3.63, 3.8) is 0 Å². The molecule has 0 bridgehead atoms. The summed E-state index contributed by atoms with van der Waals surface area (Å²) in [5, 5.41) is 0. The number of carbonyl (C=O) groups is 5. The van der Waals surface area contributed by atoms with Gasteiger partial charge in [-0.25, -0.2) is 0 Å². The molecule has 2 saturated carbocycles. The Balaban J connectivity index is -0.000000419. The van der Waals surface area contributed by atoms with E-state index in [-0.39, 0.29) is 166 Å². The fourth-order valence-corrected chi connectivity index (χ4v) is 4.66. The summed E-state index contributed by atoms with van der Waals surface area (Å²) in [6.45, 7) is 5.36. The fourth-order valence-electron chi connectivity index (χ4n) is 4.66. The van der Waals surface area contributed by atoms with Crippen LogP contribution in [0.25, 0.3) is 0 Å². The molecule has 4 aliphatic rings. The van der Waals surface area contributed by atoms with E-state index in [1.165, 1.54) is 23.8 Å². The van der Waals surface area contributed by atoms with E-state index in [2.05, 4.69) is 4.74 Å². The molecule has 0 aromatic heterocycles. The van der Waals surface area contributed by atoms with Crippen molar-refractivity contribution in [3.8, 4) is 0 Å². The Bertz CT molecular complexity index is 594. The van der Waals surface area contributed by atoms with Gasteiger partial charge in [-0.1, -0.05) is 39.5 Å². The van der Waals surface area contributed by atoms with E-state index in [0.29, 0.717) is 0 Å². The maximum absolute atomic E-state index is 11.5. The summed E-state index contributed by atoms with van der Waals surface area (Å²) in [6, 6.07) is 0. The molecule has 2 heterocycles. The number of rotatable bonds is 0. The number of methoxy groups -OCH3 is 1. The number of amides is 4. The first kappa shape index (κ1) is 40.0. The topological polar surface area (TPSA) is 101 Å². The number of ether oxygens (including phenoxy) is 1. The molecule has 2 aliphatic heterocycles. The first-order valence-corrected chi connectivity index (χ1v) is 11.4. The molecular formula is C23H38Ar3N2O6. The van der Waals surface area contributed by atoms with Crippen LogP contribution in [0.4, 0.5) is 0 Å². The third kappa shape index (κ3) is 10.7. The summed E-state index contributed by atoms with van der Waals surface area (Å²) in [4.78, 5) is 58.0. The molecule has 0 aromatic rings. The largest absolute Gasteiger partial charge is 0.469 e. The zero-order valence-electron chi connectivity index (χ0n) is 20.9. The van der Waals surface area contributed by atoms with Crippen molar-refractivity contribution in [2.75, 3.05) is 21.2 Å². The smallest absolute Gasteiger partial charge is 0.302 e. The van der Waals surface area contributed by atoms with E-state index in [1.54, 1.807) is 14.1 Å². The molecule has 4 unspecified atom stereocenters. The zero-order chi connectivity index (χ0) is 23.7. The van der Waals surface area contributed by atoms with Crippen LogP contribution < -0.4 is 0 Å². The molecule has 4 atom stereocenters. The first-order chi connectivity index (χ1) is 14.7. The third-order valence-corrected chi connectivity index (χ3v) is 6.41. The van der Waals surface area contributed by atoms with Crippen LogP contribution in [0.1, 0.15) is 72.1 Å². The quantitative estimate of drug-likeness (QED) is 0.335. The number of carbonyl (C=O) groups excluding carboxylic acids is 5. The number of esters is 1. The molecule has 4 fully saturated rings. The third-order valence-electron chi connectivity index (χ3n) is 6.41.